The minimum absolute atomic E-state index is 0.0134. The van der Waals surface area contributed by atoms with Gasteiger partial charge in [-0.25, -0.2) is 14.4 Å². The first kappa shape index (κ1) is 19.6. The minimum Gasteiger partial charge on any atom is -0.341 e. The van der Waals surface area contributed by atoms with Crippen molar-refractivity contribution in [3.05, 3.63) is 59.3 Å². The van der Waals surface area contributed by atoms with Crippen LogP contribution in [-0.2, 0) is 7.05 Å². The van der Waals surface area contributed by atoms with Gasteiger partial charge in [-0.3, -0.25) is 4.68 Å². The van der Waals surface area contributed by atoms with Crippen molar-refractivity contribution in [3.63, 3.8) is 0 Å². The van der Waals surface area contributed by atoms with Crippen molar-refractivity contribution in [2.75, 3.05) is 18.0 Å². The Kier molecular flexibility index (Phi) is 5.42. The molecule has 0 aliphatic carbocycles. The van der Waals surface area contributed by atoms with E-state index in [2.05, 4.69) is 26.8 Å². The molecule has 30 heavy (non-hydrogen) atoms. The fourth-order valence-electron chi connectivity index (χ4n) is 3.32. The van der Waals surface area contributed by atoms with Crippen molar-refractivity contribution in [2.24, 2.45) is 12.8 Å². The van der Waals surface area contributed by atoms with Crippen molar-refractivity contribution in [1.29, 1.82) is 5.26 Å². The van der Waals surface area contributed by atoms with E-state index in [1.54, 1.807) is 29.2 Å². The molecular formula is C22H20FN7. The van der Waals surface area contributed by atoms with Gasteiger partial charge in [0.05, 0.1) is 23.0 Å². The number of anilines is 1. The number of hydrogen-bond donors (Lipinski definition) is 1. The van der Waals surface area contributed by atoms with Crippen LogP contribution in [-0.4, -0.2) is 38.9 Å². The lowest BCUT2D eigenvalue weighted by Gasteiger charge is -2.30. The lowest BCUT2D eigenvalue weighted by Crippen LogP contribution is -2.40. The van der Waals surface area contributed by atoms with E-state index in [1.165, 1.54) is 12.1 Å². The molecule has 1 aromatic carbocycles. The third-order valence-electron chi connectivity index (χ3n) is 5.11. The van der Waals surface area contributed by atoms with Crippen molar-refractivity contribution >= 4 is 5.95 Å². The van der Waals surface area contributed by atoms with Crippen molar-refractivity contribution < 1.29 is 4.39 Å². The summed E-state index contributed by atoms with van der Waals surface area (Å²) in [5, 5.41) is 13.1. The van der Waals surface area contributed by atoms with Crippen LogP contribution in [0.2, 0.25) is 0 Å². The Morgan fingerprint density at radius 2 is 1.97 bits per heavy atom. The van der Waals surface area contributed by atoms with E-state index in [1.807, 2.05) is 13.1 Å². The third-order valence-corrected chi connectivity index (χ3v) is 5.11. The van der Waals surface area contributed by atoms with E-state index in [9.17, 15) is 4.39 Å². The maximum atomic E-state index is 14.3. The predicted octanol–water partition coefficient (Wildman–Crippen LogP) is 2.22. The van der Waals surface area contributed by atoms with Gasteiger partial charge in [0, 0.05) is 37.9 Å². The molecule has 4 rings (SSSR count). The van der Waals surface area contributed by atoms with Gasteiger partial charge in [0.15, 0.2) is 0 Å². The molecule has 0 radical (unpaired) electrons. The molecule has 8 heteroatoms. The topological polar surface area (TPSA) is 96.7 Å². The zero-order valence-electron chi connectivity index (χ0n) is 16.5. The van der Waals surface area contributed by atoms with Crippen LogP contribution in [0.25, 0.3) is 11.3 Å². The van der Waals surface area contributed by atoms with Gasteiger partial charge < -0.3 is 10.6 Å². The summed E-state index contributed by atoms with van der Waals surface area (Å²) in [5.74, 6) is 6.10. The van der Waals surface area contributed by atoms with Gasteiger partial charge in [-0.2, -0.15) is 10.4 Å². The Morgan fingerprint density at radius 1 is 1.17 bits per heavy atom. The fraction of sp³-hybridized carbons (Fsp3) is 0.273. The quantitative estimate of drug-likeness (QED) is 0.662. The van der Waals surface area contributed by atoms with E-state index in [0.717, 1.165) is 31.6 Å². The van der Waals surface area contributed by atoms with E-state index in [0.29, 0.717) is 22.8 Å². The number of nitrogens with two attached hydrogens (primary N) is 1. The average molecular weight is 401 g/mol. The highest BCUT2D eigenvalue weighted by Crippen LogP contribution is 2.26. The summed E-state index contributed by atoms with van der Waals surface area (Å²) in [5.41, 5.74) is 8.35. The normalized spacial score (nSPS) is 14.1. The monoisotopic (exact) mass is 401 g/mol. The molecule has 1 saturated heterocycles. The summed E-state index contributed by atoms with van der Waals surface area (Å²) in [7, 11) is 1.81. The number of halogens is 1. The van der Waals surface area contributed by atoms with Crippen LogP contribution in [0.3, 0.4) is 0 Å². The molecule has 2 N–H and O–H groups in total. The number of rotatable bonds is 2. The zero-order chi connectivity index (χ0) is 21.1. The molecule has 0 amide bonds. The first-order chi connectivity index (χ1) is 14.5. The molecule has 0 unspecified atom stereocenters. The van der Waals surface area contributed by atoms with Crippen molar-refractivity contribution in [1.82, 2.24) is 19.7 Å². The highest BCUT2D eigenvalue weighted by Gasteiger charge is 2.20. The second kappa shape index (κ2) is 8.32. The lowest BCUT2D eigenvalue weighted by molar-refractivity contribution is 0.495. The summed E-state index contributed by atoms with van der Waals surface area (Å²) in [6.07, 6.45) is 5.06. The van der Waals surface area contributed by atoms with E-state index in [4.69, 9.17) is 16.0 Å². The maximum absolute atomic E-state index is 14.3. The van der Waals surface area contributed by atoms with Gasteiger partial charge in [0.2, 0.25) is 5.95 Å². The van der Waals surface area contributed by atoms with Gasteiger partial charge in [0.1, 0.15) is 17.6 Å². The number of aryl methyl sites for hydroxylation is 1. The second-order valence-corrected chi connectivity index (χ2v) is 7.15. The van der Waals surface area contributed by atoms with Crippen LogP contribution in [0, 0.1) is 29.0 Å². The smallest absolute Gasteiger partial charge is 0.225 e. The van der Waals surface area contributed by atoms with Crippen LogP contribution in [0.5, 0.6) is 0 Å². The number of hydrogen-bond acceptors (Lipinski definition) is 6. The number of benzene rings is 1. The summed E-state index contributed by atoms with van der Waals surface area (Å²) in [6.45, 7) is 1.53. The minimum atomic E-state index is -0.593. The van der Waals surface area contributed by atoms with Crippen LogP contribution < -0.4 is 10.6 Å². The molecule has 0 bridgehead atoms. The Bertz CT molecular complexity index is 1170. The predicted molar refractivity (Wildman–Crippen MR) is 111 cm³/mol. The summed E-state index contributed by atoms with van der Waals surface area (Å²) >= 11 is 0. The zero-order valence-corrected chi connectivity index (χ0v) is 16.5. The molecule has 0 spiro atoms. The molecule has 0 atom stereocenters. The molecule has 1 aliphatic rings. The van der Waals surface area contributed by atoms with Gasteiger partial charge >= 0.3 is 0 Å². The molecule has 0 saturated carbocycles. The van der Waals surface area contributed by atoms with Gasteiger partial charge in [0.25, 0.3) is 0 Å². The highest BCUT2D eigenvalue weighted by atomic mass is 19.1. The standard InChI is InChI=1S/C22H20FN7/c1-29-19(6-9-27-29)5-4-17-14-26-22(30-10-7-18(25)8-11-30)28-21(17)15-2-3-16(13-24)20(23)12-15/h2-3,6,9,12,14,18H,7-8,10-11,25H2,1H3. The second-order valence-electron chi connectivity index (χ2n) is 7.15. The number of aromatic nitrogens is 4. The highest BCUT2D eigenvalue weighted by molar-refractivity contribution is 5.69. The molecular weight excluding hydrogens is 381 g/mol. The van der Waals surface area contributed by atoms with E-state index in [-0.39, 0.29) is 11.6 Å². The number of piperidine rings is 1. The van der Waals surface area contributed by atoms with Crippen LogP contribution in [0.1, 0.15) is 29.7 Å². The Hall–Kier alpha value is -3.75. The maximum Gasteiger partial charge on any atom is 0.225 e. The molecule has 2 aromatic heterocycles. The van der Waals surface area contributed by atoms with Gasteiger partial charge in [-0.1, -0.05) is 12.0 Å². The lowest BCUT2D eigenvalue weighted by atomic mass is 10.0. The van der Waals surface area contributed by atoms with E-state index < -0.39 is 5.82 Å². The SMILES string of the molecule is Cn1nccc1C#Cc1cnc(N2CCC(N)CC2)nc1-c1ccc(C#N)c(F)c1. The summed E-state index contributed by atoms with van der Waals surface area (Å²) < 4.78 is 16.0. The van der Waals surface area contributed by atoms with Crippen LogP contribution in [0.15, 0.2) is 36.7 Å². The molecule has 3 aromatic rings. The summed E-state index contributed by atoms with van der Waals surface area (Å²) in [6, 6.07) is 8.27. The van der Waals surface area contributed by atoms with Crippen molar-refractivity contribution in [2.45, 2.75) is 18.9 Å². The molecule has 1 aliphatic heterocycles. The largest absolute Gasteiger partial charge is 0.341 e. The third kappa shape index (κ3) is 4.00. The van der Waals surface area contributed by atoms with Gasteiger partial charge in [-0.05, 0) is 37.0 Å². The molecule has 3 heterocycles. The Morgan fingerprint density at radius 3 is 2.63 bits per heavy atom. The Labute approximate surface area is 174 Å². The average Bonchev–Trinajstić information content (AvgIpc) is 3.17. The molecule has 7 nitrogen and oxygen atoms in total. The van der Waals surface area contributed by atoms with E-state index >= 15 is 0 Å². The fourth-order valence-corrected chi connectivity index (χ4v) is 3.32. The van der Waals surface area contributed by atoms with Crippen LogP contribution in [0.4, 0.5) is 10.3 Å². The Balaban J connectivity index is 1.78. The summed E-state index contributed by atoms with van der Waals surface area (Å²) in [4.78, 5) is 11.3. The number of nitrogens with zero attached hydrogens (tertiary/aromatic N) is 6. The first-order valence-electron chi connectivity index (χ1n) is 9.63. The van der Waals surface area contributed by atoms with Gasteiger partial charge in [-0.15, -0.1) is 0 Å². The first-order valence-corrected chi connectivity index (χ1v) is 9.63. The molecule has 150 valence electrons. The van der Waals surface area contributed by atoms with Crippen LogP contribution >= 0.6 is 0 Å². The number of nitriles is 1. The van der Waals surface area contributed by atoms with Crippen molar-refractivity contribution in [3.8, 4) is 29.2 Å². The molecule has 1 fully saturated rings.